The summed E-state index contributed by atoms with van der Waals surface area (Å²) < 4.78 is 11.0. The monoisotopic (exact) mass is 304 g/mol. The van der Waals surface area contributed by atoms with Gasteiger partial charge in [0.1, 0.15) is 5.75 Å². The highest BCUT2D eigenvalue weighted by Gasteiger charge is 2.08. The van der Waals surface area contributed by atoms with Crippen LogP contribution < -0.4 is 9.47 Å². The summed E-state index contributed by atoms with van der Waals surface area (Å²) in [6.07, 6.45) is 2.46. The number of carboxylic acid groups (broad SMARTS) is 1. The summed E-state index contributed by atoms with van der Waals surface area (Å²) in [6.45, 7) is 0. The fraction of sp³-hybridized carbons (Fsp3) is 0.0625. The van der Waals surface area contributed by atoms with E-state index in [2.05, 4.69) is 0 Å². The molecule has 108 valence electrons. The molecule has 0 aliphatic carbocycles. The third-order valence-corrected chi connectivity index (χ3v) is 2.90. The van der Waals surface area contributed by atoms with Gasteiger partial charge in [-0.25, -0.2) is 4.79 Å². The number of methoxy groups -OCH3 is 1. The average molecular weight is 305 g/mol. The van der Waals surface area contributed by atoms with Gasteiger partial charge >= 0.3 is 5.97 Å². The molecule has 0 bridgehead atoms. The zero-order valence-corrected chi connectivity index (χ0v) is 12.0. The molecule has 0 radical (unpaired) electrons. The maximum atomic E-state index is 10.6. The summed E-state index contributed by atoms with van der Waals surface area (Å²) in [7, 11) is 1.55. The minimum atomic E-state index is -1.04. The fourth-order valence-corrected chi connectivity index (χ4v) is 1.91. The summed E-state index contributed by atoms with van der Waals surface area (Å²) in [4.78, 5) is 10.6. The molecule has 0 unspecified atom stereocenters. The van der Waals surface area contributed by atoms with Crippen molar-refractivity contribution in [3.05, 3.63) is 59.1 Å². The van der Waals surface area contributed by atoms with Crippen molar-refractivity contribution in [2.45, 2.75) is 0 Å². The molecule has 0 aliphatic rings. The van der Waals surface area contributed by atoms with E-state index in [9.17, 15) is 4.79 Å². The number of halogens is 1. The highest BCUT2D eigenvalue weighted by atomic mass is 35.5. The molecular weight excluding hydrogens is 292 g/mol. The summed E-state index contributed by atoms with van der Waals surface area (Å²) in [5.41, 5.74) is 0.566. The van der Waals surface area contributed by atoms with Crippen molar-refractivity contribution in [2.75, 3.05) is 7.11 Å². The van der Waals surface area contributed by atoms with Gasteiger partial charge in [0.15, 0.2) is 11.5 Å². The summed E-state index contributed by atoms with van der Waals surface area (Å²) in [5, 5.41) is 9.22. The topological polar surface area (TPSA) is 55.8 Å². The zero-order chi connectivity index (χ0) is 15.2. The van der Waals surface area contributed by atoms with Crippen LogP contribution in [0.1, 0.15) is 5.56 Å². The van der Waals surface area contributed by atoms with Crippen LogP contribution in [0.5, 0.6) is 17.2 Å². The third kappa shape index (κ3) is 4.00. The Morgan fingerprint density at radius 1 is 1.14 bits per heavy atom. The first kappa shape index (κ1) is 14.9. The van der Waals surface area contributed by atoms with E-state index in [0.29, 0.717) is 27.8 Å². The molecule has 0 heterocycles. The van der Waals surface area contributed by atoms with E-state index in [1.165, 1.54) is 6.08 Å². The number of aliphatic carboxylic acids is 1. The van der Waals surface area contributed by atoms with Crippen LogP contribution in [0.4, 0.5) is 0 Å². The van der Waals surface area contributed by atoms with Gasteiger partial charge in [-0.15, -0.1) is 0 Å². The van der Waals surface area contributed by atoms with Crippen LogP contribution in [0.2, 0.25) is 5.02 Å². The number of carboxylic acids is 1. The molecule has 0 atom stereocenters. The van der Waals surface area contributed by atoms with Crippen molar-refractivity contribution in [1.82, 2.24) is 0 Å². The van der Waals surface area contributed by atoms with E-state index >= 15 is 0 Å². The molecule has 0 spiro atoms. The Balaban J connectivity index is 2.37. The van der Waals surface area contributed by atoms with Gasteiger partial charge in [-0.2, -0.15) is 0 Å². The number of rotatable bonds is 5. The van der Waals surface area contributed by atoms with E-state index in [4.69, 9.17) is 26.2 Å². The van der Waals surface area contributed by atoms with E-state index in [1.54, 1.807) is 37.4 Å². The smallest absolute Gasteiger partial charge is 0.328 e. The molecular formula is C16H13ClO4. The van der Waals surface area contributed by atoms with Crippen LogP contribution in [0.15, 0.2) is 48.5 Å². The van der Waals surface area contributed by atoms with Gasteiger partial charge in [0, 0.05) is 16.7 Å². The molecule has 0 saturated carbocycles. The number of para-hydroxylation sites is 2. The van der Waals surface area contributed by atoms with E-state index in [0.717, 1.165) is 6.08 Å². The van der Waals surface area contributed by atoms with Crippen molar-refractivity contribution in [1.29, 1.82) is 0 Å². The van der Waals surface area contributed by atoms with Gasteiger partial charge in [0.05, 0.1) is 7.11 Å². The lowest BCUT2D eigenvalue weighted by molar-refractivity contribution is -0.131. The Bertz CT molecular complexity index is 680. The molecule has 5 heteroatoms. The summed E-state index contributed by atoms with van der Waals surface area (Å²) in [5.74, 6) is 0.563. The van der Waals surface area contributed by atoms with Gasteiger partial charge in [0.2, 0.25) is 0 Å². The van der Waals surface area contributed by atoms with Crippen LogP contribution >= 0.6 is 11.6 Å². The number of carbonyl (C=O) groups is 1. The Labute approximate surface area is 127 Å². The Morgan fingerprint density at radius 2 is 1.86 bits per heavy atom. The first-order chi connectivity index (χ1) is 10.1. The quantitative estimate of drug-likeness (QED) is 0.839. The van der Waals surface area contributed by atoms with Gasteiger partial charge in [0.25, 0.3) is 0 Å². The van der Waals surface area contributed by atoms with E-state index in [1.807, 2.05) is 12.1 Å². The summed E-state index contributed by atoms with van der Waals surface area (Å²) >= 11 is 5.93. The van der Waals surface area contributed by atoms with Crippen LogP contribution in [-0.2, 0) is 4.79 Å². The fourth-order valence-electron chi connectivity index (χ4n) is 1.73. The van der Waals surface area contributed by atoms with Crippen LogP contribution in [-0.4, -0.2) is 18.2 Å². The Hall–Kier alpha value is -2.46. The highest BCUT2D eigenvalue weighted by molar-refractivity contribution is 6.30. The van der Waals surface area contributed by atoms with Gasteiger partial charge < -0.3 is 14.6 Å². The SMILES string of the molecule is COc1ccccc1Oc1ccc(Cl)cc1/C=C/C(=O)O. The molecule has 0 fully saturated rings. The first-order valence-corrected chi connectivity index (χ1v) is 6.49. The minimum Gasteiger partial charge on any atom is -0.493 e. The second-order valence-electron chi connectivity index (χ2n) is 4.11. The van der Waals surface area contributed by atoms with Crippen molar-refractivity contribution in [3.8, 4) is 17.2 Å². The standard InChI is InChI=1S/C16H13ClO4/c1-20-14-4-2-3-5-15(14)21-13-8-7-12(17)10-11(13)6-9-16(18)19/h2-10H,1H3,(H,18,19)/b9-6+. The van der Waals surface area contributed by atoms with Crippen molar-refractivity contribution >= 4 is 23.6 Å². The van der Waals surface area contributed by atoms with Gasteiger partial charge in [-0.3, -0.25) is 0 Å². The van der Waals surface area contributed by atoms with E-state index in [-0.39, 0.29) is 0 Å². The Kier molecular flexibility index (Phi) is 4.85. The van der Waals surface area contributed by atoms with Crippen LogP contribution in [0.25, 0.3) is 6.08 Å². The lowest BCUT2D eigenvalue weighted by Gasteiger charge is -2.12. The highest BCUT2D eigenvalue weighted by Crippen LogP contribution is 2.34. The predicted molar refractivity (Wildman–Crippen MR) is 81.2 cm³/mol. The van der Waals surface area contributed by atoms with E-state index < -0.39 is 5.97 Å². The van der Waals surface area contributed by atoms with Crippen molar-refractivity contribution in [2.24, 2.45) is 0 Å². The molecule has 21 heavy (non-hydrogen) atoms. The van der Waals surface area contributed by atoms with Crippen LogP contribution in [0.3, 0.4) is 0 Å². The van der Waals surface area contributed by atoms with Crippen molar-refractivity contribution in [3.63, 3.8) is 0 Å². The molecule has 2 rings (SSSR count). The number of hydrogen-bond acceptors (Lipinski definition) is 3. The van der Waals surface area contributed by atoms with Crippen LogP contribution in [0, 0.1) is 0 Å². The maximum absolute atomic E-state index is 10.6. The lowest BCUT2D eigenvalue weighted by Crippen LogP contribution is -1.92. The summed E-state index contributed by atoms with van der Waals surface area (Å²) in [6, 6.07) is 12.2. The molecule has 0 aromatic heterocycles. The Morgan fingerprint density at radius 3 is 2.52 bits per heavy atom. The molecule has 1 N–H and O–H groups in total. The molecule has 2 aromatic carbocycles. The normalized spacial score (nSPS) is 10.6. The third-order valence-electron chi connectivity index (χ3n) is 2.67. The predicted octanol–water partition coefficient (Wildman–Crippen LogP) is 4.24. The van der Waals surface area contributed by atoms with Gasteiger partial charge in [-0.1, -0.05) is 23.7 Å². The van der Waals surface area contributed by atoms with Gasteiger partial charge in [-0.05, 0) is 36.4 Å². The zero-order valence-electron chi connectivity index (χ0n) is 11.2. The lowest BCUT2D eigenvalue weighted by atomic mass is 10.2. The number of hydrogen-bond donors (Lipinski definition) is 1. The minimum absolute atomic E-state index is 0.487. The number of benzene rings is 2. The molecule has 0 amide bonds. The maximum Gasteiger partial charge on any atom is 0.328 e. The second kappa shape index (κ2) is 6.81. The molecule has 0 saturated heterocycles. The molecule has 4 nitrogen and oxygen atoms in total. The molecule has 2 aromatic rings. The second-order valence-corrected chi connectivity index (χ2v) is 4.54. The first-order valence-electron chi connectivity index (χ1n) is 6.11. The van der Waals surface area contributed by atoms with Crippen molar-refractivity contribution < 1.29 is 19.4 Å². The number of ether oxygens (including phenoxy) is 2. The molecule has 0 aliphatic heterocycles. The largest absolute Gasteiger partial charge is 0.493 e. The average Bonchev–Trinajstić information content (AvgIpc) is 2.48.